The Kier molecular flexibility index (Phi) is 23.5. The number of aliphatic imine (C=N–C) groups is 3. The van der Waals surface area contributed by atoms with Gasteiger partial charge < -0.3 is 34.9 Å². The van der Waals surface area contributed by atoms with Crippen molar-refractivity contribution < 1.29 is 33.3 Å². The van der Waals surface area contributed by atoms with E-state index in [1.807, 2.05) is 99.0 Å². The number of nitrogens with zero attached hydrogens (tertiary/aromatic N) is 3. The molecule has 7 rings (SSSR count). The highest BCUT2D eigenvalue weighted by Gasteiger charge is 2.40. The number of hydrogen-bond donors (Lipinski definition) is 3. The second-order valence-corrected chi connectivity index (χ2v) is 23.7. The van der Waals surface area contributed by atoms with Crippen LogP contribution in [0.4, 0.5) is 0 Å². The molecule has 0 aliphatic carbocycles. The van der Waals surface area contributed by atoms with E-state index in [0.717, 1.165) is 75.3 Å². The van der Waals surface area contributed by atoms with Crippen molar-refractivity contribution in [2.45, 2.75) is 159 Å². The Hall–Kier alpha value is -7.54. The lowest BCUT2D eigenvalue weighted by atomic mass is 9.84. The van der Waals surface area contributed by atoms with Crippen LogP contribution in [0.25, 0.3) is 0 Å². The van der Waals surface area contributed by atoms with Crippen molar-refractivity contribution in [1.29, 1.82) is 0 Å². The maximum absolute atomic E-state index is 15.0. The molecule has 1 saturated heterocycles. The number of nitrogens with one attached hydrogen (secondary N) is 3. The van der Waals surface area contributed by atoms with Crippen molar-refractivity contribution >= 4 is 35.0 Å². The molecule has 5 heterocycles. The van der Waals surface area contributed by atoms with Gasteiger partial charge >= 0.3 is 11.9 Å². The first-order chi connectivity index (χ1) is 40.4. The van der Waals surface area contributed by atoms with E-state index in [4.69, 9.17) is 33.9 Å². The van der Waals surface area contributed by atoms with Gasteiger partial charge in [-0.3, -0.25) is 14.4 Å². The molecule has 13 nitrogen and oxygen atoms in total. The fraction of sp³-hybridized carbons (Fsp3) is 0.465. The molecule has 1 amide bonds. The minimum absolute atomic E-state index is 0.119. The molecule has 0 radical (unpaired) electrons. The first kappa shape index (κ1) is 64.0. The van der Waals surface area contributed by atoms with Gasteiger partial charge in [0.05, 0.1) is 67.5 Å². The third kappa shape index (κ3) is 16.8. The molecule has 0 saturated carbocycles. The number of methoxy groups -OCH3 is 3. The van der Waals surface area contributed by atoms with Crippen LogP contribution in [-0.4, -0.2) is 62.9 Å². The van der Waals surface area contributed by atoms with Gasteiger partial charge in [-0.1, -0.05) is 129 Å². The van der Waals surface area contributed by atoms with Crippen LogP contribution in [0, 0.1) is 29.6 Å². The predicted octanol–water partition coefficient (Wildman–Crippen LogP) is 14.9. The Morgan fingerprint density at radius 2 is 1.38 bits per heavy atom. The molecule has 3 N–H and O–H groups in total. The van der Waals surface area contributed by atoms with Gasteiger partial charge in [-0.05, 0) is 141 Å². The van der Waals surface area contributed by atoms with Crippen LogP contribution in [-0.2, 0) is 36.9 Å². The SMILES string of the molecule is C=CC1=C(C)C2=NC1=CC1=NC(=C(CC)/C1=C\NCc1ccc(OC)cc1)C=C1N=C(C(CC(=O)OC)=C3NC(=C2)C(C)C3CCC(=O)OCC=C(C)CCCC(C)CCCC(C)CCCC(C)C)C(C(=O)NCc2ccc(OC)cc2)=C1C. The van der Waals surface area contributed by atoms with Gasteiger partial charge in [0.2, 0.25) is 0 Å². The Balaban J connectivity index is 1.21. The minimum Gasteiger partial charge on any atom is -0.497 e. The van der Waals surface area contributed by atoms with Crippen LogP contribution >= 0.6 is 0 Å². The average molecular weight is 1140 g/mol. The minimum atomic E-state index is -0.510. The molecular formula is C71H92N6O7. The summed E-state index contributed by atoms with van der Waals surface area (Å²) >= 11 is 0. The van der Waals surface area contributed by atoms with E-state index in [-0.39, 0.29) is 49.7 Å². The summed E-state index contributed by atoms with van der Waals surface area (Å²) in [6.45, 7) is 24.9. The van der Waals surface area contributed by atoms with Crippen LogP contribution in [0.2, 0.25) is 0 Å². The van der Waals surface area contributed by atoms with Gasteiger partial charge in [-0.15, -0.1) is 0 Å². The molecule has 0 spiro atoms. The molecule has 448 valence electrons. The van der Waals surface area contributed by atoms with Crippen LogP contribution in [0.1, 0.15) is 157 Å². The first-order valence-electron chi connectivity index (χ1n) is 30.5. The number of carbonyl (C=O) groups is 3. The van der Waals surface area contributed by atoms with Gasteiger partial charge in [0.25, 0.3) is 5.91 Å². The maximum Gasteiger partial charge on any atom is 0.310 e. The van der Waals surface area contributed by atoms with E-state index < -0.39 is 5.97 Å². The number of fused-ring (bicyclic) bond motifs is 5. The zero-order valence-corrected chi connectivity index (χ0v) is 52.2. The smallest absolute Gasteiger partial charge is 0.310 e. The Morgan fingerprint density at radius 3 is 2.00 bits per heavy atom. The van der Waals surface area contributed by atoms with Gasteiger partial charge in [0.1, 0.15) is 18.1 Å². The van der Waals surface area contributed by atoms with Crippen molar-refractivity contribution in [2.24, 2.45) is 44.6 Å². The molecule has 84 heavy (non-hydrogen) atoms. The molecular weight excluding hydrogens is 1050 g/mol. The predicted molar refractivity (Wildman–Crippen MR) is 340 cm³/mol. The fourth-order valence-electron chi connectivity index (χ4n) is 11.7. The van der Waals surface area contributed by atoms with Crippen LogP contribution in [0.3, 0.4) is 0 Å². The molecule has 0 aromatic heterocycles. The van der Waals surface area contributed by atoms with Crippen LogP contribution in [0.15, 0.2) is 180 Å². The Labute approximate surface area is 500 Å². The fourth-order valence-corrected chi connectivity index (χ4v) is 11.7. The van der Waals surface area contributed by atoms with Gasteiger partial charge in [-0.25, -0.2) is 15.0 Å². The van der Waals surface area contributed by atoms with Gasteiger partial charge in [-0.2, -0.15) is 0 Å². The zero-order chi connectivity index (χ0) is 60.5. The van der Waals surface area contributed by atoms with E-state index in [1.54, 1.807) is 14.2 Å². The summed E-state index contributed by atoms with van der Waals surface area (Å²) in [5.74, 6) is 2.04. The van der Waals surface area contributed by atoms with Crippen molar-refractivity contribution in [3.63, 3.8) is 0 Å². The number of esters is 2. The summed E-state index contributed by atoms with van der Waals surface area (Å²) in [6, 6.07) is 15.5. The number of hydrogen-bond acceptors (Lipinski definition) is 12. The summed E-state index contributed by atoms with van der Waals surface area (Å²) in [7, 11) is 4.63. The van der Waals surface area contributed by atoms with Crippen molar-refractivity contribution in [3.8, 4) is 11.5 Å². The zero-order valence-electron chi connectivity index (χ0n) is 52.2. The van der Waals surface area contributed by atoms with E-state index >= 15 is 0 Å². The Bertz CT molecular complexity index is 3150. The lowest BCUT2D eigenvalue weighted by Crippen LogP contribution is -2.30. The summed E-state index contributed by atoms with van der Waals surface area (Å²) in [4.78, 5) is 58.5. The molecule has 4 unspecified atom stereocenters. The highest BCUT2D eigenvalue weighted by atomic mass is 16.5. The van der Waals surface area contributed by atoms with Crippen molar-refractivity contribution in [2.75, 3.05) is 27.9 Å². The molecule has 8 bridgehead atoms. The second-order valence-electron chi connectivity index (χ2n) is 23.7. The highest BCUT2D eigenvalue weighted by molar-refractivity contribution is 6.31. The van der Waals surface area contributed by atoms with E-state index in [1.165, 1.54) is 57.6 Å². The molecule has 4 atom stereocenters. The number of ether oxygens (including phenoxy) is 4. The van der Waals surface area contributed by atoms with Crippen molar-refractivity contribution in [3.05, 3.63) is 176 Å². The monoisotopic (exact) mass is 1140 g/mol. The van der Waals surface area contributed by atoms with Gasteiger partial charge in [0, 0.05) is 65.7 Å². The largest absolute Gasteiger partial charge is 0.497 e. The molecule has 2 aromatic carbocycles. The lowest BCUT2D eigenvalue weighted by Gasteiger charge is -2.20. The summed E-state index contributed by atoms with van der Waals surface area (Å²) in [6.07, 6.45) is 23.9. The maximum atomic E-state index is 15.0. The van der Waals surface area contributed by atoms with Crippen LogP contribution in [0.5, 0.6) is 11.5 Å². The summed E-state index contributed by atoms with van der Waals surface area (Å²) in [5.41, 5.74) is 13.5. The topological polar surface area (TPSA) is 161 Å². The van der Waals surface area contributed by atoms with E-state index in [2.05, 4.69) is 71.0 Å². The highest BCUT2D eigenvalue weighted by Crippen LogP contribution is 2.43. The molecule has 5 aliphatic heterocycles. The van der Waals surface area contributed by atoms with E-state index in [9.17, 15) is 14.4 Å². The van der Waals surface area contributed by atoms with E-state index in [0.29, 0.717) is 82.0 Å². The molecule has 2 aromatic rings. The number of allylic oxidation sites excluding steroid dienone is 11. The summed E-state index contributed by atoms with van der Waals surface area (Å²) in [5, 5.41) is 10.5. The standard InChI is InChI=1S/C71H92N6O7/c1-14-55-48(8)60-38-61-49(9)57(33-34-66(78)84-36-35-47(7)24-18-23-46(6)22-17-21-45(5)20-16-19-44(3)4)69(76-61)58(37-67(79)83-13)70-68(71(80)73-42-52-27-31-54(82-12)32-28-52)50(10)62(77-70)39-64-56(15-2)59(65(75-64)40-63(55)74-60)43-72-41-51-25-29-53(81-11)30-26-51/h14,25-32,35,38-40,43-46,49,57,72,76H,1,15-24,33-34,36-37,41-42H2,2-13H3,(H,73,80)/b47-35?,59-43+,61-38?,62-39?,63-40?,69-58?. The van der Waals surface area contributed by atoms with Crippen LogP contribution < -0.4 is 25.4 Å². The lowest BCUT2D eigenvalue weighted by molar-refractivity contribution is -0.143. The van der Waals surface area contributed by atoms with Crippen molar-refractivity contribution in [1.82, 2.24) is 16.0 Å². The molecule has 1 fully saturated rings. The Morgan fingerprint density at radius 1 is 0.738 bits per heavy atom. The third-order valence-electron chi connectivity index (χ3n) is 17.0. The molecule has 5 aliphatic rings. The molecule has 13 heteroatoms. The second kappa shape index (κ2) is 30.8. The normalized spacial score (nSPS) is 18.9. The number of carbonyl (C=O) groups excluding carboxylic acids is 3. The summed E-state index contributed by atoms with van der Waals surface area (Å²) < 4.78 is 22.1. The number of amides is 1. The number of rotatable bonds is 29. The van der Waals surface area contributed by atoms with Gasteiger partial charge in [0.15, 0.2) is 0 Å². The quantitative estimate of drug-likeness (QED) is 0.0532. The third-order valence-corrected chi connectivity index (χ3v) is 17.0. The number of benzene rings is 2. The average Bonchev–Trinajstić information content (AvgIpc) is 2.27. The first-order valence-corrected chi connectivity index (χ1v) is 30.5.